The third-order valence-corrected chi connectivity index (χ3v) is 3.56. The second kappa shape index (κ2) is 5.40. The van der Waals surface area contributed by atoms with Gasteiger partial charge in [-0.25, -0.2) is 0 Å². The number of hydrogen-bond donors (Lipinski definition) is 2. The summed E-state index contributed by atoms with van der Waals surface area (Å²) < 4.78 is 1.26. The highest BCUT2D eigenvalue weighted by atomic mass is 32.1. The first kappa shape index (κ1) is 12.9. The molecule has 0 saturated heterocycles. The summed E-state index contributed by atoms with van der Waals surface area (Å²) in [5, 5.41) is 9.40. The molecule has 2 N–H and O–H groups in total. The molecule has 2 rings (SSSR count). The lowest BCUT2D eigenvalue weighted by atomic mass is 10.2. The average molecular weight is 262 g/mol. The lowest BCUT2D eigenvalue weighted by Gasteiger charge is -2.17. The van der Waals surface area contributed by atoms with Crippen LogP contribution in [0.3, 0.4) is 0 Å². The zero-order valence-corrected chi connectivity index (χ0v) is 11.7. The maximum atomic E-state index is 11.8. The Kier molecular flexibility index (Phi) is 3.87. The molecule has 0 aliphatic rings. The fraction of sp³-hybridized carbons (Fsp3) is 0.357. The summed E-state index contributed by atoms with van der Waals surface area (Å²) in [5.41, 5.74) is 0.979. The lowest BCUT2D eigenvalue weighted by Crippen LogP contribution is -2.40. The minimum Gasteiger partial charge on any atom is -0.374 e. The molecule has 18 heavy (non-hydrogen) atoms. The van der Waals surface area contributed by atoms with Crippen LogP contribution in [0.1, 0.15) is 20.8 Å². The fourth-order valence-electron chi connectivity index (χ4n) is 1.78. The van der Waals surface area contributed by atoms with E-state index in [4.69, 9.17) is 0 Å². The van der Waals surface area contributed by atoms with Gasteiger partial charge in [0, 0.05) is 16.4 Å². The Morgan fingerprint density at radius 1 is 1.22 bits per heavy atom. The summed E-state index contributed by atoms with van der Waals surface area (Å²) in [6, 6.07) is 8.19. The van der Waals surface area contributed by atoms with Crippen LogP contribution in [-0.4, -0.2) is 18.0 Å². The van der Waals surface area contributed by atoms with E-state index >= 15 is 0 Å². The Morgan fingerprint density at radius 3 is 2.72 bits per heavy atom. The van der Waals surface area contributed by atoms with Gasteiger partial charge in [-0.1, -0.05) is 0 Å². The van der Waals surface area contributed by atoms with Gasteiger partial charge >= 0.3 is 0 Å². The first-order chi connectivity index (χ1) is 8.56. The van der Waals surface area contributed by atoms with Crippen LogP contribution in [-0.2, 0) is 4.79 Å². The topological polar surface area (TPSA) is 41.1 Å². The van der Waals surface area contributed by atoms with Gasteiger partial charge in [-0.05, 0) is 55.8 Å². The largest absolute Gasteiger partial charge is 0.374 e. The quantitative estimate of drug-likeness (QED) is 0.888. The van der Waals surface area contributed by atoms with Crippen LogP contribution < -0.4 is 10.6 Å². The molecular formula is C14H18N2OS. The number of nitrogens with one attached hydrogen (secondary N) is 2. The van der Waals surface area contributed by atoms with E-state index in [1.165, 1.54) is 10.1 Å². The second-order valence-corrected chi connectivity index (χ2v) is 5.65. The fourth-order valence-corrected chi connectivity index (χ4v) is 2.55. The van der Waals surface area contributed by atoms with Gasteiger partial charge in [0.15, 0.2) is 0 Å². The van der Waals surface area contributed by atoms with Crippen molar-refractivity contribution >= 4 is 33.0 Å². The van der Waals surface area contributed by atoms with Crippen LogP contribution in [0.15, 0.2) is 29.6 Å². The van der Waals surface area contributed by atoms with E-state index in [9.17, 15) is 4.79 Å². The molecule has 0 aliphatic carbocycles. The van der Waals surface area contributed by atoms with E-state index in [0.717, 1.165) is 5.69 Å². The van der Waals surface area contributed by atoms with Crippen LogP contribution in [0.2, 0.25) is 0 Å². The van der Waals surface area contributed by atoms with Gasteiger partial charge in [-0.15, -0.1) is 11.3 Å². The van der Waals surface area contributed by atoms with Crippen molar-refractivity contribution in [3.05, 3.63) is 29.6 Å². The van der Waals surface area contributed by atoms with Gasteiger partial charge in [0.2, 0.25) is 5.91 Å². The molecule has 1 aromatic carbocycles. The molecule has 1 unspecified atom stereocenters. The van der Waals surface area contributed by atoms with Crippen molar-refractivity contribution in [1.29, 1.82) is 0 Å². The zero-order valence-electron chi connectivity index (χ0n) is 10.9. The van der Waals surface area contributed by atoms with Crippen LogP contribution in [0.5, 0.6) is 0 Å². The number of hydrogen-bond acceptors (Lipinski definition) is 3. The van der Waals surface area contributed by atoms with Gasteiger partial charge in [-0.3, -0.25) is 4.79 Å². The first-order valence-electron chi connectivity index (χ1n) is 6.10. The number of thiophene rings is 1. The monoisotopic (exact) mass is 262 g/mol. The summed E-state index contributed by atoms with van der Waals surface area (Å²) >= 11 is 1.72. The minimum absolute atomic E-state index is 0.0235. The van der Waals surface area contributed by atoms with Crippen molar-refractivity contribution in [2.45, 2.75) is 32.9 Å². The maximum Gasteiger partial charge on any atom is 0.242 e. The van der Waals surface area contributed by atoms with Crippen molar-refractivity contribution in [3.8, 4) is 0 Å². The van der Waals surface area contributed by atoms with Crippen molar-refractivity contribution in [2.24, 2.45) is 0 Å². The summed E-state index contributed by atoms with van der Waals surface area (Å²) in [7, 11) is 0. The number of rotatable bonds is 4. The molecule has 0 spiro atoms. The third kappa shape index (κ3) is 3.01. The summed E-state index contributed by atoms with van der Waals surface area (Å²) in [5.74, 6) is 0.0235. The van der Waals surface area contributed by atoms with E-state index in [2.05, 4.69) is 34.2 Å². The van der Waals surface area contributed by atoms with E-state index in [1.54, 1.807) is 11.3 Å². The van der Waals surface area contributed by atoms with Gasteiger partial charge in [0.1, 0.15) is 6.04 Å². The molecule has 4 heteroatoms. The molecule has 1 aromatic heterocycles. The Morgan fingerprint density at radius 2 is 2.00 bits per heavy atom. The van der Waals surface area contributed by atoms with Gasteiger partial charge in [0.25, 0.3) is 0 Å². The van der Waals surface area contributed by atoms with E-state index in [-0.39, 0.29) is 18.0 Å². The van der Waals surface area contributed by atoms with Crippen molar-refractivity contribution in [1.82, 2.24) is 5.32 Å². The molecule has 0 saturated carbocycles. The average Bonchev–Trinajstić information content (AvgIpc) is 2.75. The van der Waals surface area contributed by atoms with E-state index in [1.807, 2.05) is 26.8 Å². The number of carbonyl (C=O) groups excluding carboxylic acids is 1. The van der Waals surface area contributed by atoms with Crippen LogP contribution >= 0.6 is 11.3 Å². The van der Waals surface area contributed by atoms with E-state index in [0.29, 0.717) is 0 Å². The summed E-state index contributed by atoms with van der Waals surface area (Å²) in [4.78, 5) is 11.8. The second-order valence-electron chi connectivity index (χ2n) is 4.70. The van der Waals surface area contributed by atoms with Crippen molar-refractivity contribution < 1.29 is 4.79 Å². The van der Waals surface area contributed by atoms with Crippen LogP contribution in [0.4, 0.5) is 5.69 Å². The van der Waals surface area contributed by atoms with Gasteiger partial charge in [-0.2, -0.15) is 0 Å². The Balaban J connectivity index is 2.06. The Hall–Kier alpha value is -1.55. The molecule has 0 radical (unpaired) electrons. The number of anilines is 1. The molecule has 0 bridgehead atoms. The minimum atomic E-state index is -0.233. The molecule has 3 nitrogen and oxygen atoms in total. The SMILES string of the molecule is CC(C)NC(=O)C(C)Nc1ccc2sccc2c1. The lowest BCUT2D eigenvalue weighted by molar-refractivity contribution is -0.122. The molecule has 2 aromatic rings. The molecule has 0 aliphatic heterocycles. The number of carbonyl (C=O) groups is 1. The predicted octanol–water partition coefficient (Wildman–Crippen LogP) is 3.23. The molecule has 96 valence electrons. The zero-order chi connectivity index (χ0) is 13.1. The number of amides is 1. The predicted molar refractivity (Wildman–Crippen MR) is 78.2 cm³/mol. The standard InChI is InChI=1S/C14H18N2OS/c1-9(2)15-14(17)10(3)16-12-4-5-13-11(8-12)6-7-18-13/h4-10,16H,1-3H3,(H,15,17). The first-order valence-corrected chi connectivity index (χ1v) is 6.98. The number of benzene rings is 1. The van der Waals surface area contributed by atoms with Gasteiger partial charge in [0.05, 0.1) is 0 Å². The molecular weight excluding hydrogens is 244 g/mol. The Labute approximate surface area is 111 Å². The van der Waals surface area contributed by atoms with Gasteiger partial charge < -0.3 is 10.6 Å². The molecule has 1 atom stereocenters. The van der Waals surface area contributed by atoms with Crippen molar-refractivity contribution in [3.63, 3.8) is 0 Å². The molecule has 1 heterocycles. The molecule has 0 fully saturated rings. The number of fused-ring (bicyclic) bond motifs is 1. The summed E-state index contributed by atoms with van der Waals surface area (Å²) in [6.45, 7) is 5.79. The highest BCUT2D eigenvalue weighted by Crippen LogP contribution is 2.24. The third-order valence-electron chi connectivity index (χ3n) is 2.66. The van der Waals surface area contributed by atoms with E-state index < -0.39 is 0 Å². The summed E-state index contributed by atoms with van der Waals surface area (Å²) in [6.07, 6.45) is 0. The van der Waals surface area contributed by atoms with Crippen molar-refractivity contribution in [2.75, 3.05) is 5.32 Å². The smallest absolute Gasteiger partial charge is 0.242 e. The highest BCUT2D eigenvalue weighted by molar-refractivity contribution is 7.17. The highest BCUT2D eigenvalue weighted by Gasteiger charge is 2.13. The maximum absolute atomic E-state index is 11.8. The van der Waals surface area contributed by atoms with Crippen LogP contribution in [0.25, 0.3) is 10.1 Å². The molecule has 1 amide bonds. The Bertz CT molecular complexity index is 547. The van der Waals surface area contributed by atoms with Crippen LogP contribution in [0, 0.1) is 0 Å². The normalized spacial score (nSPS) is 12.7.